The first-order valence-electron chi connectivity index (χ1n) is 7.12. The zero-order valence-corrected chi connectivity index (χ0v) is 12.0. The molecule has 1 aromatic carbocycles. The van der Waals surface area contributed by atoms with Crippen molar-refractivity contribution in [1.29, 1.82) is 0 Å². The second-order valence-electron chi connectivity index (χ2n) is 4.48. The van der Waals surface area contributed by atoms with E-state index in [0.717, 1.165) is 11.8 Å². The predicted octanol–water partition coefficient (Wildman–Crippen LogP) is 4.26. The second kappa shape index (κ2) is 6.80. The van der Waals surface area contributed by atoms with E-state index in [0.29, 0.717) is 0 Å². The van der Waals surface area contributed by atoms with Gasteiger partial charge in [0.15, 0.2) is 0 Å². The number of benzene rings is 1. The van der Waals surface area contributed by atoms with Crippen LogP contribution in [0.2, 0.25) is 0 Å². The van der Waals surface area contributed by atoms with Crippen LogP contribution < -0.4 is 0 Å². The molecule has 1 heterocycles. The summed E-state index contributed by atoms with van der Waals surface area (Å²) in [6.45, 7) is 10.5. The average molecular weight is 233 g/mol. The largest absolute Gasteiger partial charge is 0.305 e. The molecule has 2 atom stereocenters. The van der Waals surface area contributed by atoms with Crippen molar-refractivity contribution in [3.05, 3.63) is 35.4 Å². The molecule has 0 N–H and O–H groups in total. The van der Waals surface area contributed by atoms with Crippen molar-refractivity contribution >= 4 is 0 Å². The van der Waals surface area contributed by atoms with Crippen molar-refractivity contribution in [2.75, 3.05) is 20.1 Å². The van der Waals surface area contributed by atoms with Gasteiger partial charge in [-0.3, -0.25) is 0 Å². The first kappa shape index (κ1) is 14.2. The Balaban J connectivity index is 0.000000330. The highest BCUT2D eigenvalue weighted by molar-refractivity contribution is 5.40. The highest BCUT2D eigenvalue weighted by atomic mass is 15.1. The van der Waals surface area contributed by atoms with Gasteiger partial charge >= 0.3 is 0 Å². The van der Waals surface area contributed by atoms with E-state index in [2.05, 4.69) is 36.2 Å². The zero-order chi connectivity index (χ0) is 12.8. The lowest BCUT2D eigenvalue weighted by Gasteiger charge is -2.28. The summed E-state index contributed by atoms with van der Waals surface area (Å²) in [6, 6.07) is 9.00. The van der Waals surface area contributed by atoms with Crippen molar-refractivity contribution in [3.63, 3.8) is 0 Å². The molecule has 96 valence electrons. The van der Waals surface area contributed by atoms with E-state index in [1.807, 2.05) is 27.7 Å². The van der Waals surface area contributed by atoms with Gasteiger partial charge in [-0.15, -0.1) is 0 Å². The fourth-order valence-electron chi connectivity index (χ4n) is 3.02. The van der Waals surface area contributed by atoms with Crippen LogP contribution in [0.15, 0.2) is 24.3 Å². The third-order valence-corrected chi connectivity index (χ3v) is 3.51. The molecule has 0 amide bonds. The van der Waals surface area contributed by atoms with Crippen LogP contribution in [0.1, 0.15) is 57.1 Å². The third-order valence-electron chi connectivity index (χ3n) is 3.51. The number of rotatable bonds is 0. The smallest absolute Gasteiger partial charge is 0.00478 e. The fraction of sp³-hybridized carbons (Fsp3) is 0.625. The highest BCUT2D eigenvalue weighted by Gasteiger charge is 2.35. The molecule has 0 spiro atoms. The van der Waals surface area contributed by atoms with Gasteiger partial charge in [0.2, 0.25) is 0 Å². The van der Waals surface area contributed by atoms with Crippen LogP contribution in [-0.4, -0.2) is 25.0 Å². The Labute approximate surface area is 107 Å². The average Bonchev–Trinajstić information content (AvgIpc) is 2.67. The van der Waals surface area contributed by atoms with Gasteiger partial charge in [0.05, 0.1) is 0 Å². The fourth-order valence-corrected chi connectivity index (χ4v) is 3.02. The van der Waals surface area contributed by atoms with Crippen LogP contribution in [0, 0.1) is 0 Å². The van der Waals surface area contributed by atoms with E-state index in [1.165, 1.54) is 19.5 Å². The van der Waals surface area contributed by atoms with Crippen molar-refractivity contribution in [2.45, 2.75) is 46.0 Å². The molecule has 0 radical (unpaired) electrons. The van der Waals surface area contributed by atoms with Crippen LogP contribution in [0.5, 0.6) is 0 Å². The van der Waals surface area contributed by atoms with Crippen molar-refractivity contribution in [2.24, 2.45) is 0 Å². The summed E-state index contributed by atoms with van der Waals surface area (Å²) in [4.78, 5) is 2.47. The van der Waals surface area contributed by atoms with Gasteiger partial charge in [-0.25, -0.2) is 0 Å². The standard InChI is InChI=1S/C12H15N.2C2H6/c1-13-7-9-6-10(8-13)12-5-3-2-4-11(9)12;2*1-2/h2-5,9-10H,6-8H2,1H3;2*1-2H3. The molecule has 0 saturated carbocycles. The molecule has 1 aromatic rings. The number of likely N-dealkylation sites (N-methyl/N-ethyl adjacent to an activating group) is 1. The highest BCUT2D eigenvalue weighted by Crippen LogP contribution is 2.45. The molecule has 1 nitrogen and oxygen atoms in total. The summed E-state index contributed by atoms with van der Waals surface area (Å²) >= 11 is 0. The Morgan fingerprint density at radius 3 is 1.71 bits per heavy atom. The Bertz CT molecular complexity index is 297. The first-order chi connectivity index (χ1) is 8.34. The number of likely N-dealkylation sites (tertiary alicyclic amines) is 1. The molecule has 3 rings (SSSR count). The molecule has 0 aromatic heterocycles. The predicted molar refractivity (Wildman–Crippen MR) is 76.7 cm³/mol. The summed E-state index contributed by atoms with van der Waals surface area (Å²) in [6.07, 6.45) is 1.39. The molecule has 2 unspecified atom stereocenters. The maximum Gasteiger partial charge on any atom is 0.00478 e. The van der Waals surface area contributed by atoms with Gasteiger partial charge in [-0.1, -0.05) is 52.0 Å². The van der Waals surface area contributed by atoms with E-state index < -0.39 is 0 Å². The zero-order valence-electron chi connectivity index (χ0n) is 12.0. The molecule has 2 aliphatic rings. The number of hydrogen-bond donors (Lipinski definition) is 0. The van der Waals surface area contributed by atoms with Gasteiger partial charge in [-0.2, -0.15) is 0 Å². The van der Waals surface area contributed by atoms with Gasteiger partial charge < -0.3 is 4.90 Å². The molecular weight excluding hydrogens is 206 g/mol. The molecule has 1 aliphatic heterocycles. The van der Waals surface area contributed by atoms with E-state index in [4.69, 9.17) is 0 Å². The topological polar surface area (TPSA) is 3.24 Å². The van der Waals surface area contributed by atoms with Crippen molar-refractivity contribution in [3.8, 4) is 0 Å². The number of piperidine rings is 1. The van der Waals surface area contributed by atoms with E-state index in [1.54, 1.807) is 11.1 Å². The summed E-state index contributed by atoms with van der Waals surface area (Å²) in [5.74, 6) is 1.64. The van der Waals surface area contributed by atoms with Gasteiger partial charge in [0.1, 0.15) is 0 Å². The lowest BCUT2D eigenvalue weighted by Crippen LogP contribution is -2.31. The lowest BCUT2D eigenvalue weighted by atomic mass is 9.96. The SMILES string of the molecule is CC.CC.CN1CC2CC(C1)c1ccccc12. The Morgan fingerprint density at radius 1 is 0.882 bits per heavy atom. The minimum Gasteiger partial charge on any atom is -0.305 e. The van der Waals surface area contributed by atoms with Crippen molar-refractivity contribution in [1.82, 2.24) is 4.90 Å². The quantitative estimate of drug-likeness (QED) is 0.647. The number of hydrogen-bond acceptors (Lipinski definition) is 1. The van der Waals surface area contributed by atoms with Crippen LogP contribution in [0.25, 0.3) is 0 Å². The summed E-state index contributed by atoms with van der Waals surface area (Å²) < 4.78 is 0. The summed E-state index contributed by atoms with van der Waals surface area (Å²) in [5.41, 5.74) is 3.24. The van der Waals surface area contributed by atoms with E-state index in [-0.39, 0.29) is 0 Å². The second-order valence-corrected chi connectivity index (χ2v) is 4.48. The molecule has 17 heavy (non-hydrogen) atoms. The molecular formula is C16H27N. The maximum atomic E-state index is 2.47. The van der Waals surface area contributed by atoms with Gasteiger partial charge in [0.25, 0.3) is 0 Å². The van der Waals surface area contributed by atoms with Gasteiger partial charge in [-0.05, 0) is 36.4 Å². The molecule has 1 fully saturated rings. The van der Waals surface area contributed by atoms with E-state index >= 15 is 0 Å². The van der Waals surface area contributed by atoms with E-state index in [9.17, 15) is 0 Å². The third kappa shape index (κ3) is 2.90. The molecule has 1 aliphatic carbocycles. The van der Waals surface area contributed by atoms with Crippen LogP contribution in [0.4, 0.5) is 0 Å². The summed E-state index contributed by atoms with van der Waals surface area (Å²) in [7, 11) is 2.24. The molecule has 2 bridgehead atoms. The number of nitrogens with zero attached hydrogens (tertiary/aromatic N) is 1. The Hall–Kier alpha value is -0.820. The van der Waals surface area contributed by atoms with Crippen LogP contribution in [-0.2, 0) is 0 Å². The lowest BCUT2D eigenvalue weighted by molar-refractivity contribution is 0.245. The minimum absolute atomic E-state index is 0.819. The summed E-state index contributed by atoms with van der Waals surface area (Å²) in [5, 5.41) is 0. The Morgan fingerprint density at radius 2 is 1.29 bits per heavy atom. The van der Waals surface area contributed by atoms with Crippen LogP contribution in [0.3, 0.4) is 0 Å². The Kier molecular flexibility index (Phi) is 5.70. The minimum atomic E-state index is 0.819. The van der Waals surface area contributed by atoms with Gasteiger partial charge in [0, 0.05) is 13.1 Å². The van der Waals surface area contributed by atoms with Crippen molar-refractivity contribution < 1.29 is 0 Å². The molecule has 1 heteroatoms. The first-order valence-corrected chi connectivity index (χ1v) is 7.12. The molecule has 1 saturated heterocycles. The number of fused-ring (bicyclic) bond motifs is 5. The van der Waals surface area contributed by atoms with Crippen LogP contribution >= 0.6 is 0 Å². The normalized spacial score (nSPS) is 25.0. The monoisotopic (exact) mass is 233 g/mol. The maximum absolute atomic E-state index is 2.47.